The first-order valence-electron chi connectivity index (χ1n) is 5.97. The molecule has 0 saturated heterocycles. The molecule has 0 aliphatic carbocycles. The van der Waals surface area contributed by atoms with Crippen LogP contribution in [0.3, 0.4) is 0 Å². The Morgan fingerprint density at radius 2 is 1.89 bits per heavy atom. The predicted molar refractivity (Wildman–Crippen MR) is 85.1 cm³/mol. The quantitative estimate of drug-likeness (QED) is 0.587. The van der Waals surface area contributed by atoms with Crippen LogP contribution in [0, 0.1) is 0 Å². The van der Waals surface area contributed by atoms with Crippen LogP contribution in [0.5, 0.6) is 0 Å². The van der Waals surface area contributed by atoms with Crippen molar-refractivity contribution in [2.75, 3.05) is 6.26 Å². The maximum absolute atomic E-state index is 11.8. The Bertz CT molecular complexity index is 432. The summed E-state index contributed by atoms with van der Waals surface area (Å²) in [5, 5.41) is 3.38. The molecule has 1 rings (SSSR count). The van der Waals surface area contributed by atoms with E-state index in [4.69, 9.17) is 12.2 Å². The van der Waals surface area contributed by atoms with E-state index in [1.807, 2.05) is 44.4 Å². The van der Waals surface area contributed by atoms with Crippen molar-refractivity contribution in [2.45, 2.75) is 25.6 Å². The van der Waals surface area contributed by atoms with Gasteiger partial charge in [0.2, 0.25) is 0 Å². The molecule has 1 aromatic carbocycles. The molecule has 0 aromatic heterocycles. The summed E-state index contributed by atoms with van der Waals surface area (Å²) in [5.41, 5.74) is 7.03. The molecular formula is C13H19N3OS2. The number of carbonyl (C=O) groups is 1. The molecule has 1 aromatic rings. The van der Waals surface area contributed by atoms with Gasteiger partial charge in [0, 0.05) is 17.4 Å². The summed E-state index contributed by atoms with van der Waals surface area (Å²) in [6.07, 6.45) is 2.05. The smallest absolute Gasteiger partial charge is 0.269 e. The SMILES string of the molecule is CSCc1ccc(C(=O)NNC(=S)NC(C)C)cc1. The fourth-order valence-electron chi connectivity index (χ4n) is 1.40. The molecule has 0 fully saturated rings. The average molecular weight is 297 g/mol. The van der Waals surface area contributed by atoms with E-state index in [1.165, 1.54) is 5.56 Å². The van der Waals surface area contributed by atoms with Crippen molar-refractivity contribution in [3.8, 4) is 0 Å². The minimum atomic E-state index is -0.205. The number of hydrazine groups is 1. The van der Waals surface area contributed by atoms with Crippen molar-refractivity contribution in [1.82, 2.24) is 16.2 Å². The van der Waals surface area contributed by atoms with E-state index in [1.54, 1.807) is 11.8 Å². The lowest BCUT2D eigenvalue weighted by molar-refractivity contribution is 0.0943. The number of carbonyl (C=O) groups excluding carboxylic acids is 1. The second-order valence-electron chi connectivity index (χ2n) is 4.34. The van der Waals surface area contributed by atoms with Gasteiger partial charge >= 0.3 is 0 Å². The Hall–Kier alpha value is -1.27. The Morgan fingerprint density at radius 1 is 1.26 bits per heavy atom. The molecule has 0 aliphatic rings. The highest BCUT2D eigenvalue weighted by molar-refractivity contribution is 7.97. The normalized spacial score (nSPS) is 10.1. The lowest BCUT2D eigenvalue weighted by atomic mass is 10.1. The molecule has 0 unspecified atom stereocenters. The fourth-order valence-corrected chi connectivity index (χ4v) is 2.22. The fraction of sp³-hybridized carbons (Fsp3) is 0.385. The number of thioether (sulfide) groups is 1. The van der Waals surface area contributed by atoms with Gasteiger partial charge in [-0.25, -0.2) is 0 Å². The molecule has 0 spiro atoms. The molecule has 3 N–H and O–H groups in total. The van der Waals surface area contributed by atoms with Crippen molar-refractivity contribution in [1.29, 1.82) is 0 Å². The zero-order valence-electron chi connectivity index (χ0n) is 11.3. The van der Waals surface area contributed by atoms with Gasteiger partial charge < -0.3 is 5.32 Å². The molecule has 19 heavy (non-hydrogen) atoms. The third-order valence-electron chi connectivity index (χ3n) is 2.24. The molecule has 0 radical (unpaired) electrons. The molecular weight excluding hydrogens is 278 g/mol. The van der Waals surface area contributed by atoms with Gasteiger partial charge in [-0.3, -0.25) is 15.6 Å². The van der Waals surface area contributed by atoms with Crippen LogP contribution in [0.25, 0.3) is 0 Å². The third-order valence-corrected chi connectivity index (χ3v) is 3.08. The molecule has 0 aliphatic heterocycles. The van der Waals surface area contributed by atoms with Gasteiger partial charge in [-0.1, -0.05) is 12.1 Å². The largest absolute Gasteiger partial charge is 0.359 e. The van der Waals surface area contributed by atoms with Crippen molar-refractivity contribution in [2.24, 2.45) is 0 Å². The number of benzene rings is 1. The van der Waals surface area contributed by atoms with Gasteiger partial charge in [0.05, 0.1) is 0 Å². The minimum Gasteiger partial charge on any atom is -0.359 e. The molecule has 1 amide bonds. The van der Waals surface area contributed by atoms with Crippen LogP contribution in [0.15, 0.2) is 24.3 Å². The highest BCUT2D eigenvalue weighted by atomic mass is 32.2. The Kier molecular flexibility index (Phi) is 6.66. The number of hydrogen-bond donors (Lipinski definition) is 3. The van der Waals surface area contributed by atoms with E-state index in [-0.39, 0.29) is 11.9 Å². The maximum Gasteiger partial charge on any atom is 0.269 e. The second kappa shape index (κ2) is 8.01. The van der Waals surface area contributed by atoms with E-state index in [2.05, 4.69) is 16.2 Å². The van der Waals surface area contributed by atoms with Crippen LogP contribution in [0.4, 0.5) is 0 Å². The maximum atomic E-state index is 11.8. The summed E-state index contributed by atoms with van der Waals surface area (Å²) in [6, 6.07) is 7.75. The second-order valence-corrected chi connectivity index (χ2v) is 5.61. The number of amides is 1. The molecule has 0 saturated carbocycles. The van der Waals surface area contributed by atoms with Crippen molar-refractivity contribution >= 4 is 35.0 Å². The molecule has 0 atom stereocenters. The highest BCUT2D eigenvalue weighted by Crippen LogP contribution is 2.10. The van der Waals surface area contributed by atoms with Crippen LogP contribution in [-0.4, -0.2) is 23.3 Å². The zero-order chi connectivity index (χ0) is 14.3. The average Bonchev–Trinajstić information content (AvgIpc) is 2.36. The molecule has 4 nitrogen and oxygen atoms in total. The van der Waals surface area contributed by atoms with Gasteiger partial charge in [-0.05, 0) is 50.0 Å². The van der Waals surface area contributed by atoms with E-state index >= 15 is 0 Å². The van der Waals surface area contributed by atoms with Gasteiger partial charge in [-0.15, -0.1) is 0 Å². The predicted octanol–water partition coefficient (Wildman–Crippen LogP) is 2.07. The molecule has 104 valence electrons. The Labute approximate surface area is 123 Å². The summed E-state index contributed by atoms with van der Waals surface area (Å²) in [4.78, 5) is 11.8. The topological polar surface area (TPSA) is 53.2 Å². The summed E-state index contributed by atoms with van der Waals surface area (Å²) in [6.45, 7) is 3.94. The number of rotatable bonds is 4. The van der Waals surface area contributed by atoms with E-state index in [0.29, 0.717) is 10.7 Å². The molecule has 0 bridgehead atoms. The minimum absolute atomic E-state index is 0.205. The van der Waals surface area contributed by atoms with Crippen molar-refractivity contribution in [3.05, 3.63) is 35.4 Å². The summed E-state index contributed by atoms with van der Waals surface area (Å²) in [7, 11) is 0. The first-order valence-corrected chi connectivity index (χ1v) is 7.78. The van der Waals surface area contributed by atoms with Gasteiger partial charge in [-0.2, -0.15) is 11.8 Å². The van der Waals surface area contributed by atoms with E-state index in [9.17, 15) is 4.79 Å². The van der Waals surface area contributed by atoms with Crippen LogP contribution in [0.2, 0.25) is 0 Å². The first-order chi connectivity index (χ1) is 9.02. The standard InChI is InChI=1S/C13H19N3OS2/c1-9(2)14-13(18)16-15-12(17)11-6-4-10(5-7-11)8-19-3/h4-7,9H,8H2,1-3H3,(H,15,17)(H2,14,16,18). The van der Waals surface area contributed by atoms with Crippen LogP contribution < -0.4 is 16.2 Å². The summed E-state index contributed by atoms with van der Waals surface area (Å²) in [5.74, 6) is 0.742. The number of nitrogens with one attached hydrogen (secondary N) is 3. The Balaban J connectivity index is 2.47. The van der Waals surface area contributed by atoms with Crippen molar-refractivity contribution < 1.29 is 4.79 Å². The van der Waals surface area contributed by atoms with E-state index < -0.39 is 0 Å². The lowest BCUT2D eigenvalue weighted by Gasteiger charge is -2.13. The van der Waals surface area contributed by atoms with Crippen LogP contribution in [-0.2, 0) is 5.75 Å². The molecule has 0 heterocycles. The number of thiocarbonyl (C=S) groups is 1. The van der Waals surface area contributed by atoms with Crippen LogP contribution in [0.1, 0.15) is 29.8 Å². The number of hydrogen-bond acceptors (Lipinski definition) is 3. The third kappa shape index (κ3) is 5.94. The lowest BCUT2D eigenvalue weighted by Crippen LogP contribution is -2.48. The van der Waals surface area contributed by atoms with Crippen LogP contribution >= 0.6 is 24.0 Å². The monoisotopic (exact) mass is 297 g/mol. The zero-order valence-corrected chi connectivity index (χ0v) is 13.0. The highest BCUT2D eigenvalue weighted by Gasteiger charge is 2.05. The van der Waals surface area contributed by atoms with Gasteiger partial charge in [0.25, 0.3) is 5.91 Å². The summed E-state index contributed by atoms with van der Waals surface area (Å²) < 4.78 is 0. The van der Waals surface area contributed by atoms with Crippen molar-refractivity contribution in [3.63, 3.8) is 0 Å². The van der Waals surface area contributed by atoms with Gasteiger partial charge in [0.1, 0.15) is 0 Å². The van der Waals surface area contributed by atoms with Gasteiger partial charge in [0.15, 0.2) is 5.11 Å². The van der Waals surface area contributed by atoms with E-state index in [0.717, 1.165) is 5.75 Å². The molecule has 6 heteroatoms. The summed E-state index contributed by atoms with van der Waals surface area (Å²) >= 11 is 6.76. The Morgan fingerprint density at radius 3 is 2.42 bits per heavy atom. The first kappa shape index (κ1) is 15.8.